The number of nitrogen functional groups attached to an aromatic ring is 1. The summed E-state index contributed by atoms with van der Waals surface area (Å²) in [6, 6.07) is 0. The Morgan fingerprint density at radius 1 is 1.47 bits per heavy atom. The van der Waals surface area contributed by atoms with Gasteiger partial charge >= 0.3 is 0 Å². The van der Waals surface area contributed by atoms with Crippen LogP contribution in [-0.4, -0.2) is 16.5 Å². The average molecular weight is 206 g/mol. The fourth-order valence-corrected chi connectivity index (χ4v) is 1.61. The van der Waals surface area contributed by atoms with Crippen LogP contribution >= 0.6 is 0 Å². The van der Waals surface area contributed by atoms with Crippen LogP contribution in [0.3, 0.4) is 0 Å². The van der Waals surface area contributed by atoms with Crippen LogP contribution in [0.25, 0.3) is 0 Å². The van der Waals surface area contributed by atoms with Gasteiger partial charge in [-0.2, -0.15) is 0 Å². The first-order chi connectivity index (χ1) is 7.14. The Kier molecular flexibility index (Phi) is 2.50. The molecule has 15 heavy (non-hydrogen) atoms. The summed E-state index contributed by atoms with van der Waals surface area (Å²) in [5.74, 6) is 1.49. The third kappa shape index (κ3) is 2.19. The highest BCUT2D eigenvalue weighted by atomic mass is 15.0. The first-order valence-electron chi connectivity index (χ1n) is 5.48. The minimum atomic E-state index is 0.477. The van der Waals surface area contributed by atoms with Crippen molar-refractivity contribution in [3.8, 4) is 0 Å². The second kappa shape index (κ2) is 3.68. The first-order valence-corrected chi connectivity index (χ1v) is 5.48. The second-order valence-electron chi connectivity index (χ2n) is 4.60. The van der Waals surface area contributed by atoms with Gasteiger partial charge in [-0.15, -0.1) is 0 Å². The lowest BCUT2D eigenvalue weighted by Gasteiger charge is -2.13. The molecule has 0 bridgehead atoms. The Morgan fingerprint density at radius 3 is 2.80 bits per heavy atom. The van der Waals surface area contributed by atoms with Crippen molar-refractivity contribution in [1.29, 1.82) is 0 Å². The Bertz CT molecular complexity index is 358. The Morgan fingerprint density at radius 2 is 2.20 bits per heavy atom. The topological polar surface area (TPSA) is 63.8 Å². The maximum atomic E-state index is 5.80. The molecule has 0 aliphatic heterocycles. The van der Waals surface area contributed by atoms with E-state index in [1.54, 1.807) is 0 Å². The normalized spacial score (nSPS) is 17.5. The van der Waals surface area contributed by atoms with E-state index in [1.165, 1.54) is 19.2 Å². The van der Waals surface area contributed by atoms with E-state index >= 15 is 0 Å². The summed E-state index contributed by atoms with van der Waals surface area (Å²) >= 11 is 0. The first kappa shape index (κ1) is 10.2. The molecule has 1 aliphatic carbocycles. The predicted octanol–water partition coefficient (Wildman–Crippen LogP) is 1.83. The number of hydrogen-bond acceptors (Lipinski definition) is 4. The van der Waals surface area contributed by atoms with Crippen LogP contribution < -0.4 is 11.1 Å². The Balaban J connectivity index is 2.09. The van der Waals surface area contributed by atoms with E-state index in [0.717, 1.165) is 24.3 Å². The van der Waals surface area contributed by atoms with Gasteiger partial charge in [-0.1, -0.05) is 13.8 Å². The molecule has 0 atom stereocenters. The monoisotopic (exact) mass is 206 g/mol. The molecule has 1 fully saturated rings. The van der Waals surface area contributed by atoms with E-state index in [0.29, 0.717) is 11.2 Å². The van der Waals surface area contributed by atoms with Crippen molar-refractivity contribution in [1.82, 2.24) is 9.97 Å². The van der Waals surface area contributed by atoms with Gasteiger partial charge in [-0.25, -0.2) is 9.97 Å². The van der Waals surface area contributed by atoms with E-state index in [4.69, 9.17) is 5.73 Å². The smallest absolute Gasteiger partial charge is 0.134 e. The molecule has 1 heterocycles. The summed E-state index contributed by atoms with van der Waals surface area (Å²) in [7, 11) is 0. The average Bonchev–Trinajstić information content (AvgIpc) is 2.94. The highest BCUT2D eigenvalue weighted by Crippen LogP contribution is 2.44. The molecule has 0 radical (unpaired) electrons. The van der Waals surface area contributed by atoms with Gasteiger partial charge in [0.15, 0.2) is 0 Å². The van der Waals surface area contributed by atoms with Gasteiger partial charge in [-0.05, 0) is 24.7 Å². The van der Waals surface area contributed by atoms with Gasteiger partial charge in [-0.3, -0.25) is 0 Å². The van der Waals surface area contributed by atoms with E-state index in [2.05, 4.69) is 29.1 Å². The number of hydrogen-bond donors (Lipinski definition) is 2. The zero-order chi connectivity index (χ0) is 10.9. The van der Waals surface area contributed by atoms with Crippen molar-refractivity contribution in [3.05, 3.63) is 11.9 Å². The Hall–Kier alpha value is -1.32. The summed E-state index contributed by atoms with van der Waals surface area (Å²) in [4.78, 5) is 8.24. The van der Waals surface area contributed by atoms with Crippen molar-refractivity contribution in [2.75, 3.05) is 17.6 Å². The molecule has 0 amide bonds. The van der Waals surface area contributed by atoms with E-state index < -0.39 is 0 Å². The van der Waals surface area contributed by atoms with Crippen LogP contribution in [0.1, 0.15) is 32.3 Å². The summed E-state index contributed by atoms with van der Waals surface area (Å²) in [6.45, 7) is 5.34. The van der Waals surface area contributed by atoms with Crippen LogP contribution in [0, 0.1) is 5.41 Å². The third-order valence-electron chi connectivity index (χ3n) is 3.12. The lowest BCUT2D eigenvalue weighted by Crippen LogP contribution is -2.15. The molecule has 0 unspecified atom stereocenters. The maximum absolute atomic E-state index is 5.80. The van der Waals surface area contributed by atoms with E-state index in [1.807, 2.05) is 0 Å². The van der Waals surface area contributed by atoms with Crippen LogP contribution in [0.5, 0.6) is 0 Å². The molecule has 1 aromatic rings. The lowest BCUT2D eigenvalue weighted by atomic mass is 10.1. The highest BCUT2D eigenvalue weighted by molar-refractivity contribution is 5.55. The van der Waals surface area contributed by atoms with Gasteiger partial charge in [0, 0.05) is 12.1 Å². The largest absolute Gasteiger partial charge is 0.383 e. The molecular formula is C11H18N4. The molecule has 2 rings (SSSR count). The molecule has 0 aromatic carbocycles. The van der Waals surface area contributed by atoms with Crippen molar-refractivity contribution in [2.24, 2.45) is 5.41 Å². The third-order valence-corrected chi connectivity index (χ3v) is 3.12. The number of nitrogens with two attached hydrogens (primary N) is 1. The molecular weight excluding hydrogens is 188 g/mol. The molecule has 1 aliphatic rings. The molecule has 0 saturated heterocycles. The fraction of sp³-hybridized carbons (Fsp3) is 0.636. The second-order valence-corrected chi connectivity index (χ2v) is 4.60. The van der Waals surface area contributed by atoms with Gasteiger partial charge in [0.25, 0.3) is 0 Å². The van der Waals surface area contributed by atoms with Crippen LogP contribution in [0.4, 0.5) is 11.6 Å². The summed E-state index contributed by atoms with van der Waals surface area (Å²) in [5.41, 5.74) is 7.30. The Labute approximate surface area is 90.3 Å². The summed E-state index contributed by atoms with van der Waals surface area (Å²) < 4.78 is 0. The maximum Gasteiger partial charge on any atom is 0.134 e. The minimum Gasteiger partial charge on any atom is -0.383 e. The standard InChI is InChI=1S/C11H18N4/c1-3-8-9(12)14-7-15-10(8)13-6-11(2)4-5-11/h7H,3-6H2,1-2H3,(H3,12,13,14,15). The molecule has 3 N–H and O–H groups in total. The highest BCUT2D eigenvalue weighted by Gasteiger charge is 2.36. The lowest BCUT2D eigenvalue weighted by molar-refractivity contribution is 0.608. The zero-order valence-electron chi connectivity index (χ0n) is 9.38. The van der Waals surface area contributed by atoms with Crippen LogP contribution in [-0.2, 0) is 6.42 Å². The minimum absolute atomic E-state index is 0.477. The molecule has 4 heteroatoms. The molecule has 0 spiro atoms. The zero-order valence-corrected chi connectivity index (χ0v) is 9.38. The van der Waals surface area contributed by atoms with Crippen molar-refractivity contribution in [2.45, 2.75) is 33.1 Å². The summed E-state index contributed by atoms with van der Waals surface area (Å²) in [5, 5.41) is 3.38. The fourth-order valence-electron chi connectivity index (χ4n) is 1.61. The molecule has 82 valence electrons. The number of nitrogens with one attached hydrogen (secondary N) is 1. The van der Waals surface area contributed by atoms with Crippen LogP contribution in [0.15, 0.2) is 6.33 Å². The number of aromatic nitrogens is 2. The molecule has 1 saturated carbocycles. The number of rotatable bonds is 4. The summed E-state index contributed by atoms with van der Waals surface area (Å²) in [6.07, 6.45) is 5.00. The number of anilines is 2. The quantitative estimate of drug-likeness (QED) is 0.789. The number of nitrogens with zero attached hydrogens (tertiary/aromatic N) is 2. The molecule has 1 aromatic heterocycles. The van der Waals surface area contributed by atoms with Gasteiger partial charge in [0.1, 0.15) is 18.0 Å². The van der Waals surface area contributed by atoms with Gasteiger partial charge in [0.2, 0.25) is 0 Å². The predicted molar refractivity (Wildman–Crippen MR) is 61.7 cm³/mol. The van der Waals surface area contributed by atoms with Crippen LogP contribution in [0.2, 0.25) is 0 Å². The van der Waals surface area contributed by atoms with E-state index in [9.17, 15) is 0 Å². The van der Waals surface area contributed by atoms with Crippen molar-refractivity contribution >= 4 is 11.6 Å². The van der Waals surface area contributed by atoms with Crippen molar-refractivity contribution < 1.29 is 0 Å². The van der Waals surface area contributed by atoms with Gasteiger partial charge < -0.3 is 11.1 Å². The van der Waals surface area contributed by atoms with Gasteiger partial charge in [0.05, 0.1) is 0 Å². The molecule has 4 nitrogen and oxygen atoms in total. The van der Waals surface area contributed by atoms with E-state index in [-0.39, 0.29) is 0 Å². The van der Waals surface area contributed by atoms with Crippen molar-refractivity contribution in [3.63, 3.8) is 0 Å². The SMILES string of the molecule is CCc1c(N)ncnc1NCC1(C)CC1.